The molecule has 2 rings (SSSR count). The van der Waals surface area contributed by atoms with Crippen molar-refractivity contribution in [1.82, 2.24) is 0 Å². The van der Waals surface area contributed by atoms with Crippen LogP contribution in [-0.2, 0) is 6.42 Å². The van der Waals surface area contributed by atoms with Crippen molar-refractivity contribution in [1.29, 1.82) is 0 Å². The predicted molar refractivity (Wildman–Crippen MR) is 77.7 cm³/mol. The van der Waals surface area contributed by atoms with Crippen LogP contribution in [0, 0.1) is 11.6 Å². The number of benzene rings is 2. The first-order valence-corrected chi connectivity index (χ1v) is 7.19. The van der Waals surface area contributed by atoms with Gasteiger partial charge in [0.15, 0.2) is 11.6 Å². The molecule has 0 nitrogen and oxygen atoms in total. The second-order valence-corrected chi connectivity index (χ2v) is 5.55. The Hall–Kier alpha value is -0.930. The molecule has 0 aliphatic rings. The fraction of sp³-hybridized carbons (Fsp3) is 0.200. The average molecular weight is 346 g/mol. The molecule has 0 heterocycles. The van der Waals surface area contributed by atoms with E-state index in [4.69, 9.17) is 11.6 Å². The molecular weight excluding hydrogens is 334 g/mol. The van der Waals surface area contributed by atoms with E-state index in [0.29, 0.717) is 17.9 Å². The normalized spacial score (nSPS) is 12.4. The van der Waals surface area contributed by atoms with E-state index in [1.165, 1.54) is 6.07 Å². The lowest BCUT2D eigenvalue weighted by Gasteiger charge is -2.15. The van der Waals surface area contributed by atoms with Crippen LogP contribution in [0.3, 0.4) is 0 Å². The van der Waals surface area contributed by atoms with E-state index in [1.807, 2.05) is 24.3 Å². The smallest absolute Gasteiger partial charge is 0.162 e. The Morgan fingerprint density at radius 1 is 1.11 bits per heavy atom. The third-order valence-electron chi connectivity index (χ3n) is 3.00. The number of alkyl halides is 1. The monoisotopic (exact) mass is 344 g/mol. The number of hydrogen-bond acceptors (Lipinski definition) is 0. The summed E-state index contributed by atoms with van der Waals surface area (Å²) in [6, 6.07) is 11.9. The first-order chi connectivity index (χ1) is 9.11. The van der Waals surface area contributed by atoms with Crippen LogP contribution in [0.5, 0.6) is 0 Å². The molecule has 0 bridgehead atoms. The number of rotatable bonds is 4. The van der Waals surface area contributed by atoms with Crippen LogP contribution in [0.4, 0.5) is 8.78 Å². The van der Waals surface area contributed by atoms with Gasteiger partial charge >= 0.3 is 0 Å². The van der Waals surface area contributed by atoms with Crippen LogP contribution < -0.4 is 0 Å². The summed E-state index contributed by atoms with van der Waals surface area (Å²) in [7, 11) is 0. The van der Waals surface area contributed by atoms with E-state index in [-0.39, 0.29) is 5.92 Å². The van der Waals surface area contributed by atoms with Crippen molar-refractivity contribution in [2.45, 2.75) is 12.3 Å². The molecule has 19 heavy (non-hydrogen) atoms. The number of halogens is 4. The molecule has 0 fully saturated rings. The van der Waals surface area contributed by atoms with Crippen LogP contribution in [0.2, 0.25) is 0 Å². The number of hydrogen-bond donors (Lipinski definition) is 0. The second-order valence-electron chi connectivity index (χ2n) is 4.32. The zero-order chi connectivity index (χ0) is 13.8. The lowest BCUT2D eigenvalue weighted by Crippen LogP contribution is -2.07. The minimum atomic E-state index is -0.819. The fourth-order valence-electron chi connectivity index (χ4n) is 1.99. The summed E-state index contributed by atoms with van der Waals surface area (Å²) in [5.74, 6) is -1.30. The quantitative estimate of drug-likeness (QED) is 0.660. The van der Waals surface area contributed by atoms with Gasteiger partial charge < -0.3 is 0 Å². The molecule has 1 unspecified atom stereocenters. The Bertz CT molecular complexity index is 572. The summed E-state index contributed by atoms with van der Waals surface area (Å²) < 4.78 is 27.8. The van der Waals surface area contributed by atoms with Gasteiger partial charge in [-0.05, 0) is 35.7 Å². The maximum atomic E-state index is 13.7. The lowest BCUT2D eigenvalue weighted by molar-refractivity contribution is 0.495. The van der Waals surface area contributed by atoms with Gasteiger partial charge in [0.25, 0.3) is 0 Å². The molecule has 2 aromatic rings. The molecule has 2 aromatic carbocycles. The summed E-state index contributed by atoms with van der Waals surface area (Å²) in [5.41, 5.74) is 1.36. The van der Waals surface area contributed by atoms with Crippen LogP contribution in [0.15, 0.2) is 46.9 Å². The maximum absolute atomic E-state index is 13.7. The minimum absolute atomic E-state index is 0.0459. The summed E-state index contributed by atoms with van der Waals surface area (Å²) in [6.07, 6.45) is 0.379. The van der Waals surface area contributed by atoms with E-state index in [1.54, 1.807) is 6.07 Å². The van der Waals surface area contributed by atoms with Gasteiger partial charge in [0, 0.05) is 16.3 Å². The molecular formula is C15H12BrClF2. The van der Waals surface area contributed by atoms with Gasteiger partial charge in [0.05, 0.1) is 0 Å². The molecule has 0 N–H and O–H groups in total. The average Bonchev–Trinajstić information content (AvgIpc) is 2.40. The highest BCUT2D eigenvalue weighted by atomic mass is 79.9. The van der Waals surface area contributed by atoms with Gasteiger partial charge in [0.2, 0.25) is 0 Å². The van der Waals surface area contributed by atoms with Crippen LogP contribution in [0.1, 0.15) is 17.0 Å². The van der Waals surface area contributed by atoms with Crippen LogP contribution in [-0.4, -0.2) is 5.88 Å². The Morgan fingerprint density at radius 3 is 2.53 bits per heavy atom. The Morgan fingerprint density at radius 2 is 1.84 bits per heavy atom. The van der Waals surface area contributed by atoms with Crippen molar-refractivity contribution in [3.05, 3.63) is 69.7 Å². The maximum Gasteiger partial charge on any atom is 0.162 e. The highest BCUT2D eigenvalue weighted by Crippen LogP contribution is 2.26. The molecule has 0 radical (unpaired) electrons. The van der Waals surface area contributed by atoms with E-state index >= 15 is 0 Å². The van der Waals surface area contributed by atoms with Crippen LogP contribution >= 0.6 is 27.5 Å². The molecule has 0 spiro atoms. The van der Waals surface area contributed by atoms with Crippen molar-refractivity contribution >= 4 is 27.5 Å². The Balaban J connectivity index is 2.26. The molecule has 4 heteroatoms. The third kappa shape index (κ3) is 3.54. The highest BCUT2D eigenvalue weighted by molar-refractivity contribution is 9.10. The summed E-state index contributed by atoms with van der Waals surface area (Å²) in [6.45, 7) is 0. The first kappa shape index (κ1) is 14.5. The van der Waals surface area contributed by atoms with Crippen LogP contribution in [0.25, 0.3) is 0 Å². The van der Waals surface area contributed by atoms with Gasteiger partial charge in [-0.3, -0.25) is 0 Å². The summed E-state index contributed by atoms with van der Waals surface area (Å²) >= 11 is 9.36. The SMILES string of the molecule is Fc1cccc(CC(CCl)c2cccc(Br)c2)c1F. The van der Waals surface area contributed by atoms with Crippen molar-refractivity contribution < 1.29 is 8.78 Å². The molecule has 0 saturated heterocycles. The van der Waals surface area contributed by atoms with Gasteiger partial charge in [-0.1, -0.05) is 40.2 Å². The molecule has 100 valence electrons. The zero-order valence-electron chi connectivity index (χ0n) is 10.0. The highest BCUT2D eigenvalue weighted by Gasteiger charge is 2.15. The van der Waals surface area contributed by atoms with E-state index < -0.39 is 11.6 Å². The van der Waals surface area contributed by atoms with E-state index in [9.17, 15) is 8.78 Å². The van der Waals surface area contributed by atoms with Gasteiger partial charge in [-0.15, -0.1) is 11.6 Å². The largest absolute Gasteiger partial charge is 0.204 e. The summed E-state index contributed by atoms with van der Waals surface area (Å²) in [5, 5.41) is 0. The van der Waals surface area contributed by atoms with E-state index in [2.05, 4.69) is 15.9 Å². The van der Waals surface area contributed by atoms with Crippen molar-refractivity contribution in [3.8, 4) is 0 Å². The third-order valence-corrected chi connectivity index (χ3v) is 3.87. The molecule has 1 atom stereocenters. The van der Waals surface area contributed by atoms with E-state index in [0.717, 1.165) is 16.1 Å². The standard InChI is InChI=1S/C15H12BrClF2/c16-13-5-1-3-10(8-13)12(9-17)7-11-4-2-6-14(18)15(11)19/h1-6,8,12H,7,9H2. The topological polar surface area (TPSA) is 0 Å². The van der Waals surface area contributed by atoms with Gasteiger partial charge in [-0.2, -0.15) is 0 Å². The molecule has 0 amide bonds. The fourth-order valence-corrected chi connectivity index (χ4v) is 2.70. The Labute approximate surface area is 124 Å². The minimum Gasteiger partial charge on any atom is -0.204 e. The summed E-state index contributed by atoms with van der Waals surface area (Å²) in [4.78, 5) is 0. The lowest BCUT2D eigenvalue weighted by atomic mass is 9.93. The van der Waals surface area contributed by atoms with Gasteiger partial charge in [-0.25, -0.2) is 8.78 Å². The molecule has 0 saturated carbocycles. The van der Waals surface area contributed by atoms with Crippen molar-refractivity contribution in [2.75, 3.05) is 5.88 Å². The van der Waals surface area contributed by atoms with Crippen molar-refractivity contribution in [2.24, 2.45) is 0 Å². The Kier molecular flexibility index (Phi) is 4.94. The molecule has 0 aromatic heterocycles. The van der Waals surface area contributed by atoms with Crippen molar-refractivity contribution in [3.63, 3.8) is 0 Å². The second kappa shape index (κ2) is 6.49. The zero-order valence-corrected chi connectivity index (χ0v) is 12.4. The first-order valence-electron chi connectivity index (χ1n) is 5.86. The molecule has 0 aliphatic carbocycles. The molecule has 0 aliphatic heterocycles. The van der Waals surface area contributed by atoms with Gasteiger partial charge in [0.1, 0.15) is 0 Å². The predicted octanol–water partition coefficient (Wildman–Crippen LogP) is 5.29.